The third-order valence-corrected chi connectivity index (χ3v) is 3.43. The maximum atomic E-state index is 12.9. The third-order valence-electron chi connectivity index (χ3n) is 3.43. The Morgan fingerprint density at radius 3 is 2.38 bits per heavy atom. The van der Waals surface area contributed by atoms with Crippen LogP contribution in [-0.4, -0.2) is 17.0 Å². The lowest BCUT2D eigenvalue weighted by Gasteiger charge is -2.20. The van der Waals surface area contributed by atoms with Crippen molar-refractivity contribution in [3.63, 3.8) is 0 Å². The van der Waals surface area contributed by atoms with Crippen LogP contribution in [0.25, 0.3) is 0 Å². The van der Waals surface area contributed by atoms with Crippen LogP contribution in [0.15, 0.2) is 48.8 Å². The molecule has 1 amide bonds. The number of amides is 1. The van der Waals surface area contributed by atoms with Crippen molar-refractivity contribution in [3.05, 3.63) is 59.9 Å². The summed E-state index contributed by atoms with van der Waals surface area (Å²) in [5, 5.41) is 2.70. The standard InChI is InChI=1S/C17H17F3N2O2/c1-11(13-7-9-21-10-8-13)22-16(23)12(2)24-15-6-4-3-5-14(15)17(18,19)20/h3-12H,1-2H3,(H,22,23)/t11-,12+/m1/s1. The number of hydrogen-bond donors (Lipinski definition) is 1. The van der Waals surface area contributed by atoms with Gasteiger partial charge in [-0.25, -0.2) is 0 Å². The van der Waals surface area contributed by atoms with Crippen LogP contribution in [0.5, 0.6) is 5.75 Å². The van der Waals surface area contributed by atoms with Gasteiger partial charge < -0.3 is 10.1 Å². The van der Waals surface area contributed by atoms with Gasteiger partial charge in [-0.05, 0) is 43.7 Å². The molecule has 2 atom stereocenters. The molecule has 0 aliphatic carbocycles. The number of hydrogen-bond acceptors (Lipinski definition) is 3. The minimum absolute atomic E-state index is 0.315. The van der Waals surface area contributed by atoms with E-state index in [1.165, 1.54) is 25.1 Å². The van der Waals surface area contributed by atoms with Gasteiger partial charge in [-0.3, -0.25) is 9.78 Å². The highest BCUT2D eigenvalue weighted by atomic mass is 19.4. The van der Waals surface area contributed by atoms with Crippen molar-refractivity contribution in [2.24, 2.45) is 0 Å². The molecule has 2 aromatic rings. The second-order valence-electron chi connectivity index (χ2n) is 5.26. The molecule has 0 spiro atoms. The average Bonchev–Trinajstić information content (AvgIpc) is 2.55. The molecule has 7 heteroatoms. The molecule has 0 saturated heterocycles. The van der Waals surface area contributed by atoms with E-state index in [1.807, 2.05) is 0 Å². The summed E-state index contributed by atoms with van der Waals surface area (Å²) in [4.78, 5) is 16.0. The normalized spacial score (nSPS) is 13.9. The number of carbonyl (C=O) groups excluding carboxylic acids is 1. The van der Waals surface area contributed by atoms with Crippen LogP contribution in [0.3, 0.4) is 0 Å². The number of nitrogens with one attached hydrogen (secondary N) is 1. The van der Waals surface area contributed by atoms with Crippen molar-refractivity contribution < 1.29 is 22.7 Å². The number of aromatic nitrogens is 1. The summed E-state index contributed by atoms with van der Waals surface area (Å²) in [6, 6.07) is 7.98. The molecular weight excluding hydrogens is 321 g/mol. The van der Waals surface area contributed by atoms with Crippen LogP contribution in [-0.2, 0) is 11.0 Å². The maximum Gasteiger partial charge on any atom is 0.419 e. The van der Waals surface area contributed by atoms with Crippen molar-refractivity contribution in [2.45, 2.75) is 32.2 Å². The van der Waals surface area contributed by atoms with E-state index in [9.17, 15) is 18.0 Å². The Bertz CT molecular complexity index is 690. The summed E-state index contributed by atoms with van der Waals surface area (Å²) in [6.07, 6.45) is -2.43. The maximum absolute atomic E-state index is 12.9. The predicted octanol–water partition coefficient (Wildman–Crippen LogP) is 3.75. The van der Waals surface area contributed by atoms with Crippen LogP contribution in [0, 0.1) is 0 Å². The van der Waals surface area contributed by atoms with Gasteiger partial charge >= 0.3 is 6.18 Å². The van der Waals surface area contributed by atoms with Gasteiger partial charge in [0, 0.05) is 12.4 Å². The lowest BCUT2D eigenvalue weighted by Crippen LogP contribution is -2.38. The van der Waals surface area contributed by atoms with Gasteiger partial charge in [0.05, 0.1) is 11.6 Å². The van der Waals surface area contributed by atoms with Crippen LogP contribution in [0.2, 0.25) is 0 Å². The van der Waals surface area contributed by atoms with Crippen LogP contribution < -0.4 is 10.1 Å². The molecule has 128 valence electrons. The fourth-order valence-electron chi connectivity index (χ4n) is 2.11. The molecule has 1 N–H and O–H groups in total. The topological polar surface area (TPSA) is 51.2 Å². The molecule has 1 heterocycles. The number of rotatable bonds is 5. The Hall–Kier alpha value is -2.57. The Balaban J connectivity index is 2.05. The Morgan fingerprint density at radius 2 is 1.75 bits per heavy atom. The summed E-state index contributed by atoms with van der Waals surface area (Å²) >= 11 is 0. The molecule has 0 aliphatic heterocycles. The number of halogens is 3. The highest BCUT2D eigenvalue weighted by Crippen LogP contribution is 2.36. The quantitative estimate of drug-likeness (QED) is 0.903. The lowest BCUT2D eigenvalue weighted by molar-refractivity contribution is -0.140. The number of carbonyl (C=O) groups is 1. The van der Waals surface area contributed by atoms with E-state index in [1.54, 1.807) is 31.5 Å². The summed E-state index contributed by atoms with van der Waals surface area (Å²) in [5.74, 6) is -0.875. The summed E-state index contributed by atoms with van der Waals surface area (Å²) in [7, 11) is 0. The van der Waals surface area contributed by atoms with Crippen LogP contribution >= 0.6 is 0 Å². The number of ether oxygens (including phenoxy) is 1. The first-order valence-electron chi connectivity index (χ1n) is 7.32. The molecule has 0 radical (unpaired) electrons. The molecule has 0 bridgehead atoms. The van der Waals surface area contributed by atoms with Crippen LogP contribution in [0.4, 0.5) is 13.2 Å². The highest BCUT2D eigenvalue weighted by molar-refractivity contribution is 5.81. The third kappa shape index (κ3) is 4.47. The van der Waals surface area contributed by atoms with Crippen molar-refractivity contribution >= 4 is 5.91 Å². The average molecular weight is 338 g/mol. The molecule has 4 nitrogen and oxygen atoms in total. The fourth-order valence-corrected chi connectivity index (χ4v) is 2.11. The molecule has 0 fully saturated rings. The molecule has 0 saturated carbocycles. The SMILES string of the molecule is C[C@H](Oc1ccccc1C(F)(F)F)C(=O)N[C@H](C)c1ccncc1. The van der Waals surface area contributed by atoms with Gasteiger partial charge in [0.1, 0.15) is 5.75 Å². The van der Waals surface area contributed by atoms with E-state index >= 15 is 0 Å². The van der Waals surface area contributed by atoms with Gasteiger partial charge in [-0.15, -0.1) is 0 Å². The van der Waals surface area contributed by atoms with Gasteiger partial charge in [0.25, 0.3) is 5.91 Å². The molecule has 0 unspecified atom stereocenters. The van der Waals surface area contributed by atoms with Gasteiger partial charge in [0.15, 0.2) is 6.10 Å². The second-order valence-corrected chi connectivity index (χ2v) is 5.26. The monoisotopic (exact) mass is 338 g/mol. The summed E-state index contributed by atoms with van der Waals surface area (Å²) < 4.78 is 44.1. The summed E-state index contributed by atoms with van der Waals surface area (Å²) in [5.41, 5.74) is -0.0759. The van der Waals surface area contributed by atoms with E-state index in [-0.39, 0.29) is 11.8 Å². The van der Waals surface area contributed by atoms with Gasteiger partial charge in [0.2, 0.25) is 0 Å². The highest BCUT2D eigenvalue weighted by Gasteiger charge is 2.34. The molecule has 1 aromatic carbocycles. The van der Waals surface area contributed by atoms with Crippen molar-refractivity contribution in [3.8, 4) is 5.75 Å². The van der Waals surface area contributed by atoms with Crippen molar-refractivity contribution in [2.75, 3.05) is 0 Å². The molecule has 24 heavy (non-hydrogen) atoms. The van der Waals surface area contributed by atoms with E-state index in [4.69, 9.17) is 4.74 Å². The first-order chi connectivity index (χ1) is 11.3. The minimum atomic E-state index is -4.54. The van der Waals surface area contributed by atoms with E-state index in [2.05, 4.69) is 10.3 Å². The largest absolute Gasteiger partial charge is 0.480 e. The lowest BCUT2D eigenvalue weighted by atomic mass is 10.1. The van der Waals surface area contributed by atoms with Gasteiger partial charge in [-0.2, -0.15) is 13.2 Å². The summed E-state index contributed by atoms with van der Waals surface area (Å²) in [6.45, 7) is 3.17. The zero-order valence-electron chi connectivity index (χ0n) is 13.2. The van der Waals surface area contributed by atoms with Crippen molar-refractivity contribution in [1.82, 2.24) is 10.3 Å². The Kier molecular flexibility index (Phi) is 5.43. The number of para-hydroxylation sites is 1. The number of pyridine rings is 1. The first-order valence-corrected chi connectivity index (χ1v) is 7.32. The minimum Gasteiger partial charge on any atom is -0.480 e. The van der Waals surface area contributed by atoms with Crippen LogP contribution in [0.1, 0.15) is 31.0 Å². The van der Waals surface area contributed by atoms with Crippen molar-refractivity contribution in [1.29, 1.82) is 0 Å². The molecule has 2 rings (SSSR count). The smallest absolute Gasteiger partial charge is 0.419 e. The fraction of sp³-hybridized carbons (Fsp3) is 0.294. The number of nitrogens with zero attached hydrogens (tertiary/aromatic N) is 1. The predicted molar refractivity (Wildman–Crippen MR) is 82.3 cm³/mol. The van der Waals surface area contributed by atoms with E-state index < -0.39 is 23.8 Å². The zero-order chi connectivity index (χ0) is 17.7. The Labute approximate surface area is 137 Å². The van der Waals surface area contributed by atoms with E-state index in [0.29, 0.717) is 0 Å². The van der Waals surface area contributed by atoms with Gasteiger partial charge in [-0.1, -0.05) is 12.1 Å². The molecule has 1 aromatic heterocycles. The Morgan fingerprint density at radius 1 is 1.12 bits per heavy atom. The molecular formula is C17H17F3N2O2. The zero-order valence-corrected chi connectivity index (χ0v) is 13.2. The molecule has 0 aliphatic rings. The first kappa shape index (κ1) is 17.8. The number of benzene rings is 1. The number of alkyl halides is 3. The second kappa shape index (κ2) is 7.33. The van der Waals surface area contributed by atoms with E-state index in [0.717, 1.165) is 11.6 Å².